The summed E-state index contributed by atoms with van der Waals surface area (Å²) in [6.45, 7) is 6.51. The molecule has 0 aliphatic rings. The number of aromatic amines is 1. The van der Waals surface area contributed by atoms with E-state index in [0.29, 0.717) is 5.92 Å². The first kappa shape index (κ1) is 9.78. The van der Waals surface area contributed by atoms with E-state index in [0.717, 1.165) is 0 Å². The number of aryl methyl sites for hydroxylation is 1. The van der Waals surface area contributed by atoms with Gasteiger partial charge >= 0.3 is 0 Å². The van der Waals surface area contributed by atoms with E-state index in [4.69, 9.17) is 0 Å². The molecular weight excluding hydrogens is 238 g/mol. The first-order valence-electron chi connectivity index (χ1n) is 4.87. The summed E-state index contributed by atoms with van der Waals surface area (Å²) in [6, 6.07) is 6.48. The number of fused-ring (bicyclic) bond motifs is 1. The minimum absolute atomic E-state index is 0.525. The Morgan fingerprint density at radius 2 is 2.00 bits per heavy atom. The predicted molar refractivity (Wildman–Crippen MR) is 64.8 cm³/mol. The van der Waals surface area contributed by atoms with Crippen LogP contribution < -0.4 is 0 Å². The first-order chi connectivity index (χ1) is 6.59. The van der Waals surface area contributed by atoms with Gasteiger partial charge in [-0.2, -0.15) is 0 Å². The van der Waals surface area contributed by atoms with E-state index in [-0.39, 0.29) is 0 Å². The van der Waals surface area contributed by atoms with Gasteiger partial charge in [-0.15, -0.1) is 0 Å². The number of hydrogen-bond donors (Lipinski definition) is 1. The molecule has 1 aromatic heterocycles. The van der Waals surface area contributed by atoms with Gasteiger partial charge < -0.3 is 4.98 Å². The van der Waals surface area contributed by atoms with E-state index in [1.165, 1.54) is 26.6 Å². The van der Waals surface area contributed by atoms with Crippen LogP contribution in [0, 0.1) is 6.92 Å². The van der Waals surface area contributed by atoms with E-state index in [9.17, 15) is 0 Å². The smallest absolute Gasteiger partial charge is 0.0468 e. The van der Waals surface area contributed by atoms with Gasteiger partial charge in [0, 0.05) is 21.1 Å². The number of hydrogen-bond acceptors (Lipinski definition) is 0. The second kappa shape index (κ2) is 3.43. The van der Waals surface area contributed by atoms with Crippen LogP contribution in [0.4, 0.5) is 0 Å². The van der Waals surface area contributed by atoms with Crippen molar-refractivity contribution in [1.82, 2.24) is 4.98 Å². The van der Waals surface area contributed by atoms with Gasteiger partial charge in [0.1, 0.15) is 0 Å². The van der Waals surface area contributed by atoms with Crippen molar-refractivity contribution in [2.24, 2.45) is 0 Å². The van der Waals surface area contributed by atoms with E-state index in [1.807, 2.05) is 0 Å². The van der Waals surface area contributed by atoms with Crippen LogP contribution in [0.2, 0.25) is 0 Å². The number of halogens is 1. The molecule has 0 atom stereocenters. The molecule has 0 saturated heterocycles. The minimum atomic E-state index is 0.525. The summed E-state index contributed by atoms with van der Waals surface area (Å²) >= 11 is 3.66. The van der Waals surface area contributed by atoms with Crippen molar-refractivity contribution < 1.29 is 0 Å². The molecule has 1 N–H and O–H groups in total. The molecule has 2 rings (SSSR count). The molecule has 2 heteroatoms. The van der Waals surface area contributed by atoms with Crippen molar-refractivity contribution >= 4 is 26.8 Å². The van der Waals surface area contributed by atoms with Gasteiger partial charge in [0.2, 0.25) is 0 Å². The maximum absolute atomic E-state index is 3.66. The molecular formula is C12H14BrN. The highest BCUT2D eigenvalue weighted by Crippen LogP contribution is 2.32. The average Bonchev–Trinajstić information content (AvgIpc) is 2.44. The third kappa shape index (κ3) is 1.48. The highest BCUT2D eigenvalue weighted by Gasteiger charge is 2.11. The van der Waals surface area contributed by atoms with Crippen molar-refractivity contribution in [3.63, 3.8) is 0 Å². The molecule has 0 saturated carbocycles. The average molecular weight is 252 g/mol. The maximum Gasteiger partial charge on any atom is 0.0468 e. The number of benzene rings is 1. The zero-order chi connectivity index (χ0) is 10.3. The van der Waals surface area contributed by atoms with Crippen molar-refractivity contribution in [3.05, 3.63) is 33.9 Å². The number of aromatic nitrogens is 1. The summed E-state index contributed by atoms with van der Waals surface area (Å²) in [5.74, 6) is 0.525. The van der Waals surface area contributed by atoms with Gasteiger partial charge in [0.25, 0.3) is 0 Å². The molecule has 0 bridgehead atoms. The van der Waals surface area contributed by atoms with Crippen molar-refractivity contribution in [3.8, 4) is 0 Å². The minimum Gasteiger partial charge on any atom is -0.357 e. The highest BCUT2D eigenvalue weighted by molar-refractivity contribution is 9.10. The molecule has 1 aromatic carbocycles. The normalized spacial score (nSPS) is 11.5. The molecule has 14 heavy (non-hydrogen) atoms. The fraction of sp³-hybridized carbons (Fsp3) is 0.333. The summed E-state index contributed by atoms with van der Waals surface area (Å²) in [6.07, 6.45) is 0. The fourth-order valence-electron chi connectivity index (χ4n) is 1.69. The molecule has 0 spiro atoms. The Bertz CT molecular complexity index is 468. The quantitative estimate of drug-likeness (QED) is 0.776. The molecule has 0 aliphatic carbocycles. The Kier molecular flexibility index (Phi) is 2.40. The summed E-state index contributed by atoms with van der Waals surface area (Å²) in [4.78, 5) is 3.44. The number of nitrogens with one attached hydrogen (secondary N) is 1. The lowest BCUT2D eigenvalue weighted by Crippen LogP contribution is -1.86. The van der Waals surface area contributed by atoms with Gasteiger partial charge in [-0.05, 0) is 40.9 Å². The van der Waals surface area contributed by atoms with Gasteiger partial charge in [-0.25, -0.2) is 0 Å². The summed E-state index contributed by atoms with van der Waals surface area (Å²) < 4.78 is 1.21. The van der Waals surface area contributed by atoms with Crippen molar-refractivity contribution in [2.75, 3.05) is 0 Å². The molecule has 1 heterocycles. The third-order valence-electron chi connectivity index (χ3n) is 2.49. The lowest BCUT2D eigenvalue weighted by Gasteiger charge is -2.01. The van der Waals surface area contributed by atoms with Crippen LogP contribution in [0.1, 0.15) is 31.0 Å². The van der Waals surface area contributed by atoms with E-state index in [2.05, 4.69) is 59.9 Å². The van der Waals surface area contributed by atoms with Crippen LogP contribution in [0.3, 0.4) is 0 Å². The molecule has 0 unspecified atom stereocenters. The van der Waals surface area contributed by atoms with Crippen molar-refractivity contribution in [1.29, 1.82) is 0 Å². The highest BCUT2D eigenvalue weighted by atomic mass is 79.9. The Morgan fingerprint density at radius 1 is 1.29 bits per heavy atom. The fourth-order valence-corrected chi connectivity index (χ4v) is 2.58. The van der Waals surface area contributed by atoms with Gasteiger partial charge in [0.05, 0.1) is 0 Å². The summed E-state index contributed by atoms with van der Waals surface area (Å²) in [7, 11) is 0. The largest absolute Gasteiger partial charge is 0.357 e. The maximum atomic E-state index is 3.66. The van der Waals surface area contributed by atoms with Crippen LogP contribution in [0.5, 0.6) is 0 Å². The molecule has 0 radical (unpaired) electrons. The molecule has 74 valence electrons. The van der Waals surface area contributed by atoms with Crippen LogP contribution in [0.15, 0.2) is 22.7 Å². The molecule has 2 aromatic rings. The lowest BCUT2D eigenvalue weighted by atomic mass is 10.1. The molecule has 0 aliphatic heterocycles. The van der Waals surface area contributed by atoms with Gasteiger partial charge in [0.15, 0.2) is 0 Å². The van der Waals surface area contributed by atoms with Crippen LogP contribution >= 0.6 is 15.9 Å². The topological polar surface area (TPSA) is 15.8 Å². The zero-order valence-corrected chi connectivity index (χ0v) is 10.3. The second-order valence-electron chi connectivity index (χ2n) is 4.06. The zero-order valence-electron chi connectivity index (χ0n) is 8.69. The Labute approximate surface area is 92.6 Å². The van der Waals surface area contributed by atoms with E-state index < -0.39 is 0 Å². The predicted octanol–water partition coefficient (Wildman–Crippen LogP) is 4.36. The first-order valence-corrected chi connectivity index (χ1v) is 5.66. The number of H-pyrrole nitrogens is 1. The Morgan fingerprint density at radius 3 is 2.64 bits per heavy atom. The lowest BCUT2D eigenvalue weighted by molar-refractivity contribution is 0.831. The molecule has 1 nitrogen and oxygen atoms in total. The number of rotatable bonds is 1. The van der Waals surface area contributed by atoms with E-state index in [1.54, 1.807) is 0 Å². The van der Waals surface area contributed by atoms with Crippen molar-refractivity contribution in [2.45, 2.75) is 26.7 Å². The van der Waals surface area contributed by atoms with Crippen LogP contribution in [-0.4, -0.2) is 4.98 Å². The third-order valence-corrected chi connectivity index (χ3v) is 3.35. The summed E-state index contributed by atoms with van der Waals surface area (Å²) in [5.41, 5.74) is 3.80. The van der Waals surface area contributed by atoms with Gasteiger partial charge in [-0.1, -0.05) is 25.5 Å². The van der Waals surface area contributed by atoms with E-state index >= 15 is 0 Å². The molecule has 0 fully saturated rings. The molecule has 0 amide bonds. The Hall–Kier alpha value is -0.760. The second-order valence-corrected chi connectivity index (χ2v) is 4.85. The monoisotopic (exact) mass is 251 g/mol. The van der Waals surface area contributed by atoms with Crippen LogP contribution in [0.25, 0.3) is 10.9 Å². The van der Waals surface area contributed by atoms with Crippen LogP contribution in [-0.2, 0) is 0 Å². The Balaban J connectivity index is 2.74. The van der Waals surface area contributed by atoms with Gasteiger partial charge in [-0.3, -0.25) is 0 Å². The SMILES string of the molecule is Cc1ccc2[nH]c(C(C)C)c(Br)c2c1. The summed E-state index contributed by atoms with van der Waals surface area (Å²) in [5, 5.41) is 1.29. The standard InChI is InChI=1S/C12H14BrN/c1-7(2)12-11(13)9-6-8(3)4-5-10(9)14-12/h4-7,14H,1-3H3.